The molecule has 1 heterocycles. The van der Waals surface area contributed by atoms with E-state index in [1.807, 2.05) is 12.1 Å². The fourth-order valence-corrected chi connectivity index (χ4v) is 2.68. The Morgan fingerprint density at radius 2 is 2.44 bits per heavy atom. The summed E-state index contributed by atoms with van der Waals surface area (Å²) < 4.78 is 0. The van der Waals surface area contributed by atoms with Crippen LogP contribution in [0.1, 0.15) is 38.2 Å². The average Bonchev–Trinajstić information content (AvgIpc) is 2.64. The molecule has 0 radical (unpaired) electrons. The summed E-state index contributed by atoms with van der Waals surface area (Å²) in [7, 11) is 0. The third kappa shape index (κ3) is 2.35. The largest absolute Gasteiger partial charge is 0.390 e. The van der Waals surface area contributed by atoms with Gasteiger partial charge in [0.25, 0.3) is 0 Å². The first-order valence-corrected chi connectivity index (χ1v) is 6.05. The van der Waals surface area contributed by atoms with Crippen molar-refractivity contribution in [1.82, 2.24) is 4.98 Å². The van der Waals surface area contributed by atoms with Crippen molar-refractivity contribution in [1.29, 1.82) is 0 Å². The second-order valence-electron chi connectivity index (χ2n) is 4.97. The quantitative estimate of drug-likeness (QED) is 0.820. The fraction of sp³-hybridized carbons (Fsp3) is 0.615. The summed E-state index contributed by atoms with van der Waals surface area (Å²) in [5.41, 5.74) is 6.22. The van der Waals surface area contributed by atoms with Crippen LogP contribution >= 0.6 is 0 Å². The molecule has 3 N–H and O–H groups in total. The van der Waals surface area contributed by atoms with Crippen molar-refractivity contribution < 1.29 is 5.11 Å². The lowest BCUT2D eigenvalue weighted by Gasteiger charge is -2.23. The molecule has 1 fully saturated rings. The zero-order chi connectivity index (χ0) is 11.6. The van der Waals surface area contributed by atoms with Crippen LogP contribution in [0.5, 0.6) is 0 Å². The molecule has 2 unspecified atom stereocenters. The molecular weight excluding hydrogens is 200 g/mol. The monoisotopic (exact) mass is 220 g/mol. The van der Waals surface area contributed by atoms with Crippen LogP contribution < -0.4 is 5.73 Å². The van der Waals surface area contributed by atoms with Crippen molar-refractivity contribution in [2.24, 2.45) is 5.92 Å². The molecule has 0 spiro atoms. The van der Waals surface area contributed by atoms with E-state index in [9.17, 15) is 5.11 Å². The van der Waals surface area contributed by atoms with E-state index < -0.39 is 5.60 Å². The van der Waals surface area contributed by atoms with Crippen molar-refractivity contribution in [2.45, 2.75) is 44.6 Å². The Hall–Kier alpha value is -1.09. The molecule has 3 heteroatoms. The Morgan fingerprint density at radius 3 is 3.06 bits per heavy atom. The topological polar surface area (TPSA) is 59.1 Å². The minimum absolute atomic E-state index is 0.552. The van der Waals surface area contributed by atoms with Crippen LogP contribution in [0, 0.1) is 5.92 Å². The third-order valence-electron chi connectivity index (χ3n) is 3.71. The molecule has 1 aliphatic carbocycles. The molecule has 0 saturated heterocycles. The molecule has 0 amide bonds. The standard InChI is InChI=1S/C13H20N2O/c1-2-10-5-6-13(16,8-10)9-11-4-3-7-15-12(11)14/h3-4,7,10,16H,2,5-6,8-9H2,1H3,(H2,14,15). The molecule has 1 aliphatic rings. The van der Waals surface area contributed by atoms with Crippen LogP contribution in [0.2, 0.25) is 0 Å². The molecule has 88 valence electrons. The molecule has 2 atom stereocenters. The predicted molar refractivity (Wildman–Crippen MR) is 64.9 cm³/mol. The summed E-state index contributed by atoms with van der Waals surface area (Å²) in [4.78, 5) is 4.06. The van der Waals surface area contributed by atoms with E-state index in [1.165, 1.54) is 0 Å². The van der Waals surface area contributed by atoms with Gasteiger partial charge in [0.2, 0.25) is 0 Å². The first-order valence-electron chi connectivity index (χ1n) is 6.05. The third-order valence-corrected chi connectivity index (χ3v) is 3.71. The highest BCUT2D eigenvalue weighted by atomic mass is 16.3. The Kier molecular flexibility index (Phi) is 3.15. The molecule has 1 saturated carbocycles. The van der Waals surface area contributed by atoms with Crippen molar-refractivity contribution in [3.63, 3.8) is 0 Å². The second-order valence-corrected chi connectivity index (χ2v) is 4.97. The average molecular weight is 220 g/mol. The van der Waals surface area contributed by atoms with Gasteiger partial charge in [-0.3, -0.25) is 0 Å². The number of pyridine rings is 1. The van der Waals surface area contributed by atoms with Gasteiger partial charge in [0, 0.05) is 12.6 Å². The van der Waals surface area contributed by atoms with Crippen molar-refractivity contribution >= 4 is 5.82 Å². The first-order chi connectivity index (χ1) is 7.63. The van der Waals surface area contributed by atoms with E-state index >= 15 is 0 Å². The molecule has 2 rings (SSSR count). The number of aliphatic hydroxyl groups is 1. The highest BCUT2D eigenvalue weighted by Crippen LogP contribution is 2.38. The minimum atomic E-state index is -0.558. The number of hydrogen-bond acceptors (Lipinski definition) is 3. The predicted octanol–water partition coefficient (Wildman–Crippen LogP) is 2.15. The maximum Gasteiger partial charge on any atom is 0.126 e. The molecule has 0 aromatic carbocycles. The van der Waals surface area contributed by atoms with Crippen molar-refractivity contribution in [2.75, 3.05) is 5.73 Å². The molecule has 1 aromatic rings. The normalized spacial score (nSPS) is 29.5. The molecule has 1 aromatic heterocycles. The Balaban J connectivity index is 2.08. The lowest BCUT2D eigenvalue weighted by atomic mass is 9.91. The number of anilines is 1. The molecular formula is C13H20N2O. The lowest BCUT2D eigenvalue weighted by Crippen LogP contribution is -2.28. The van der Waals surface area contributed by atoms with Gasteiger partial charge in [-0.15, -0.1) is 0 Å². The van der Waals surface area contributed by atoms with Crippen LogP contribution in [0.25, 0.3) is 0 Å². The van der Waals surface area contributed by atoms with Gasteiger partial charge >= 0.3 is 0 Å². The van der Waals surface area contributed by atoms with Gasteiger partial charge < -0.3 is 10.8 Å². The summed E-state index contributed by atoms with van der Waals surface area (Å²) in [6, 6.07) is 3.83. The van der Waals surface area contributed by atoms with Crippen molar-refractivity contribution in [3.8, 4) is 0 Å². The lowest BCUT2D eigenvalue weighted by molar-refractivity contribution is 0.0437. The van der Waals surface area contributed by atoms with Crippen LogP contribution in [-0.2, 0) is 6.42 Å². The second kappa shape index (κ2) is 4.42. The number of hydrogen-bond donors (Lipinski definition) is 2. The van der Waals surface area contributed by atoms with E-state index in [1.54, 1.807) is 6.20 Å². The smallest absolute Gasteiger partial charge is 0.126 e. The van der Waals surface area contributed by atoms with Gasteiger partial charge in [0.15, 0.2) is 0 Å². The highest BCUT2D eigenvalue weighted by Gasteiger charge is 2.36. The SMILES string of the molecule is CCC1CCC(O)(Cc2cccnc2N)C1. The summed E-state index contributed by atoms with van der Waals surface area (Å²) in [5.74, 6) is 1.22. The number of aromatic nitrogens is 1. The van der Waals surface area contributed by atoms with E-state index in [2.05, 4.69) is 11.9 Å². The first kappa shape index (κ1) is 11.4. The van der Waals surface area contributed by atoms with E-state index in [4.69, 9.17) is 5.73 Å². The van der Waals surface area contributed by atoms with Crippen LogP contribution in [-0.4, -0.2) is 15.7 Å². The van der Waals surface area contributed by atoms with E-state index in [-0.39, 0.29) is 0 Å². The van der Waals surface area contributed by atoms with Crippen molar-refractivity contribution in [3.05, 3.63) is 23.9 Å². The van der Waals surface area contributed by atoms with Crippen LogP contribution in [0.3, 0.4) is 0 Å². The molecule has 0 aliphatic heterocycles. The number of nitrogens with two attached hydrogens (primary N) is 1. The molecule has 3 nitrogen and oxygen atoms in total. The van der Waals surface area contributed by atoms with Crippen LogP contribution in [0.15, 0.2) is 18.3 Å². The molecule has 0 bridgehead atoms. The zero-order valence-corrected chi connectivity index (χ0v) is 9.82. The van der Waals surface area contributed by atoms with Gasteiger partial charge in [0.05, 0.1) is 5.60 Å². The van der Waals surface area contributed by atoms with E-state index in [0.717, 1.165) is 31.2 Å². The van der Waals surface area contributed by atoms with Gasteiger partial charge in [0.1, 0.15) is 5.82 Å². The number of nitrogen functional groups attached to an aromatic ring is 1. The van der Waals surface area contributed by atoms with Gasteiger partial charge in [-0.1, -0.05) is 19.4 Å². The molecule has 16 heavy (non-hydrogen) atoms. The summed E-state index contributed by atoms with van der Waals surface area (Å²) in [6.07, 6.45) is 6.41. The number of rotatable bonds is 3. The van der Waals surface area contributed by atoms with Gasteiger partial charge in [-0.2, -0.15) is 0 Å². The summed E-state index contributed by atoms with van der Waals surface area (Å²) >= 11 is 0. The van der Waals surface area contributed by atoms with Crippen LogP contribution in [0.4, 0.5) is 5.82 Å². The van der Waals surface area contributed by atoms with E-state index in [0.29, 0.717) is 18.2 Å². The fourth-order valence-electron chi connectivity index (χ4n) is 2.68. The summed E-state index contributed by atoms with van der Waals surface area (Å²) in [5, 5.41) is 10.5. The number of nitrogens with zero attached hydrogens (tertiary/aromatic N) is 1. The Bertz CT molecular complexity index is 367. The Morgan fingerprint density at radius 1 is 1.62 bits per heavy atom. The maximum absolute atomic E-state index is 10.5. The Labute approximate surface area is 96.7 Å². The zero-order valence-electron chi connectivity index (χ0n) is 9.82. The van der Waals surface area contributed by atoms with Gasteiger partial charge in [-0.25, -0.2) is 4.98 Å². The maximum atomic E-state index is 10.5. The minimum Gasteiger partial charge on any atom is -0.390 e. The van der Waals surface area contributed by atoms with Gasteiger partial charge in [-0.05, 0) is 36.8 Å². The summed E-state index contributed by atoms with van der Waals surface area (Å²) in [6.45, 7) is 2.19. The highest BCUT2D eigenvalue weighted by molar-refractivity contribution is 5.39.